The Morgan fingerprint density at radius 2 is 1.12 bits per heavy atom. The molecular formula is C51H32IN4-. The van der Waals surface area contributed by atoms with Crippen LogP contribution in [-0.2, 0) is 0 Å². The van der Waals surface area contributed by atoms with Gasteiger partial charge >= 0.3 is 335 Å². The van der Waals surface area contributed by atoms with Gasteiger partial charge in [-0.15, -0.1) is 0 Å². The summed E-state index contributed by atoms with van der Waals surface area (Å²) in [5.41, 5.74) is 18.9. The van der Waals surface area contributed by atoms with Gasteiger partial charge in [-0.3, -0.25) is 0 Å². The van der Waals surface area contributed by atoms with Gasteiger partial charge in [-0.1, -0.05) is 0 Å². The molecule has 56 heavy (non-hydrogen) atoms. The maximum absolute atomic E-state index is 6.50. The number of aliphatic imine (C=N–C) groups is 1. The van der Waals surface area contributed by atoms with Gasteiger partial charge in [-0.05, 0) is 0 Å². The van der Waals surface area contributed by atoms with Crippen LogP contribution in [0.1, 0.15) is 0 Å². The molecule has 0 unspecified atom stereocenters. The van der Waals surface area contributed by atoms with Crippen LogP contribution in [0.5, 0.6) is 0 Å². The van der Waals surface area contributed by atoms with Crippen molar-refractivity contribution >= 4 is 80.4 Å². The summed E-state index contributed by atoms with van der Waals surface area (Å²) in [5, 5.41) is 9.98. The molecule has 0 aliphatic carbocycles. The molecule has 0 saturated heterocycles. The maximum atomic E-state index is 6.50. The monoisotopic (exact) mass is 827 g/mol. The summed E-state index contributed by atoms with van der Waals surface area (Å²) < 4.78 is 7.42. The van der Waals surface area contributed by atoms with E-state index in [-0.39, 0.29) is 0 Å². The number of hydrogen-bond acceptors (Lipinski definition) is 2. The minimum absolute atomic E-state index is 0.648. The van der Waals surface area contributed by atoms with Gasteiger partial charge in [0.2, 0.25) is 0 Å². The molecule has 0 atom stereocenters. The fourth-order valence-corrected chi connectivity index (χ4v) is 11.8. The molecule has 0 saturated carbocycles. The standard InChI is InChI=1S/C51H32IN4/c53-44-21-11-12-22-45(44)54-51-52-43-29-36(28-42-41-25-33-17-7-8-18-34(33)26-47(41)56(51)50(42)43)55-46-27-35(31-13-3-1-4-14-31)23-24-39(46)49-38-20-10-9-19-37(38)40(30-48(49)55)32-15-5-2-6-16-32/h1-30H,53H2/q-1. The van der Waals surface area contributed by atoms with Crippen molar-refractivity contribution in [3.05, 3.63) is 186 Å². The van der Waals surface area contributed by atoms with Crippen molar-refractivity contribution in [1.82, 2.24) is 9.13 Å². The van der Waals surface area contributed by atoms with E-state index < -0.39 is 21.2 Å². The van der Waals surface area contributed by atoms with Crippen LogP contribution in [0.15, 0.2) is 187 Å². The number of halogens is 1. The van der Waals surface area contributed by atoms with Crippen LogP contribution in [0.4, 0.5) is 11.4 Å². The zero-order chi connectivity index (χ0) is 36.9. The Kier molecular flexibility index (Phi) is 6.86. The number of benzene rings is 9. The van der Waals surface area contributed by atoms with Crippen molar-refractivity contribution < 1.29 is 21.2 Å². The van der Waals surface area contributed by atoms with Gasteiger partial charge in [0.1, 0.15) is 0 Å². The second kappa shape index (κ2) is 12.2. The third kappa shape index (κ3) is 4.67. The normalized spacial score (nSPS) is 13.5. The van der Waals surface area contributed by atoms with Crippen LogP contribution < -0.4 is 26.9 Å². The summed E-state index contributed by atoms with van der Waals surface area (Å²) in [6.07, 6.45) is 0. The molecule has 0 spiro atoms. The topological polar surface area (TPSA) is 48.2 Å². The van der Waals surface area contributed by atoms with Crippen molar-refractivity contribution in [1.29, 1.82) is 0 Å². The Bertz CT molecular complexity index is 3450. The molecule has 2 aromatic heterocycles. The van der Waals surface area contributed by atoms with Crippen molar-refractivity contribution in [2.24, 2.45) is 4.99 Å². The molecule has 0 amide bonds. The van der Waals surface area contributed by atoms with Gasteiger partial charge in [0.05, 0.1) is 0 Å². The fourth-order valence-electron chi connectivity index (χ4n) is 8.88. The number of para-hydroxylation sites is 2. The zero-order valence-electron chi connectivity index (χ0n) is 30.1. The minimum atomic E-state index is -0.648. The third-order valence-corrected chi connectivity index (χ3v) is 14.0. The van der Waals surface area contributed by atoms with Crippen molar-refractivity contribution in [3.8, 4) is 27.9 Å². The first-order valence-electron chi connectivity index (χ1n) is 18.9. The number of aromatic nitrogens is 2. The molecule has 264 valence electrons. The van der Waals surface area contributed by atoms with Crippen LogP contribution >= 0.6 is 0 Å². The molecule has 1 aliphatic heterocycles. The predicted molar refractivity (Wildman–Crippen MR) is 232 cm³/mol. The number of nitrogens with two attached hydrogens (primary N) is 1. The van der Waals surface area contributed by atoms with Crippen LogP contribution in [-0.4, -0.2) is 13.0 Å². The SMILES string of the molecule is Nc1ccccc1N=C1[I-]c2cc(-n3c4cc(-c5ccccc5)ccc4c4c5ccccc5c(-c5ccccc5)cc43)cc3c4cc5ccccc5cc4n1c23. The third-order valence-electron chi connectivity index (χ3n) is 11.4. The summed E-state index contributed by atoms with van der Waals surface area (Å²) >= 11 is -0.648. The summed E-state index contributed by atoms with van der Waals surface area (Å²) in [6, 6.07) is 66.1. The van der Waals surface area contributed by atoms with Crippen LogP contribution in [0.25, 0.3) is 93.1 Å². The summed E-state index contributed by atoms with van der Waals surface area (Å²) in [6.45, 7) is 0. The van der Waals surface area contributed by atoms with Gasteiger partial charge < -0.3 is 0 Å². The number of nitrogen functional groups attached to an aromatic ring is 1. The first-order chi connectivity index (χ1) is 27.7. The molecule has 3 heterocycles. The van der Waals surface area contributed by atoms with Crippen LogP contribution in [0.2, 0.25) is 0 Å². The second-order valence-corrected chi connectivity index (χ2v) is 17.2. The van der Waals surface area contributed by atoms with Crippen molar-refractivity contribution in [2.75, 3.05) is 5.73 Å². The molecule has 2 N–H and O–H groups in total. The van der Waals surface area contributed by atoms with Gasteiger partial charge in [0.15, 0.2) is 0 Å². The molecular weight excluding hydrogens is 795 g/mol. The van der Waals surface area contributed by atoms with Gasteiger partial charge in [-0.2, -0.15) is 0 Å². The Morgan fingerprint density at radius 1 is 0.446 bits per heavy atom. The molecule has 4 nitrogen and oxygen atoms in total. The summed E-state index contributed by atoms with van der Waals surface area (Å²) in [5.74, 6) is 0. The van der Waals surface area contributed by atoms with E-state index in [0.717, 1.165) is 9.53 Å². The number of hydrogen-bond donors (Lipinski definition) is 1. The molecule has 1 aliphatic rings. The van der Waals surface area contributed by atoms with Gasteiger partial charge in [0, 0.05) is 0 Å². The predicted octanol–water partition coefficient (Wildman–Crippen LogP) is 9.92. The van der Waals surface area contributed by atoms with Gasteiger partial charge in [0.25, 0.3) is 0 Å². The molecule has 0 radical (unpaired) electrons. The quantitative estimate of drug-likeness (QED) is 0.140. The second-order valence-electron chi connectivity index (χ2n) is 14.6. The molecule has 5 heteroatoms. The first kappa shape index (κ1) is 31.6. The number of rotatable bonds is 4. The number of anilines is 1. The Morgan fingerprint density at radius 3 is 1.93 bits per heavy atom. The Hall–Kier alpha value is -6.70. The van der Waals surface area contributed by atoms with Crippen molar-refractivity contribution in [3.63, 3.8) is 0 Å². The van der Waals surface area contributed by atoms with Gasteiger partial charge in [-0.25, -0.2) is 0 Å². The van der Waals surface area contributed by atoms with Crippen LogP contribution in [0, 0.1) is 3.57 Å². The molecule has 0 fully saturated rings. The number of nitrogens with zero attached hydrogens (tertiary/aromatic N) is 3. The van der Waals surface area contributed by atoms with E-state index in [2.05, 4.69) is 167 Å². The molecule has 9 aromatic carbocycles. The average Bonchev–Trinajstić information content (AvgIpc) is 3.89. The van der Waals surface area contributed by atoms with Crippen molar-refractivity contribution in [2.45, 2.75) is 0 Å². The van der Waals surface area contributed by atoms with E-state index in [4.69, 9.17) is 10.7 Å². The number of fused-ring (bicyclic) bond motifs is 9. The molecule has 12 rings (SSSR count). The average molecular weight is 828 g/mol. The fraction of sp³-hybridized carbons (Fsp3) is 0. The van der Waals surface area contributed by atoms with E-state index in [0.29, 0.717) is 5.69 Å². The van der Waals surface area contributed by atoms with E-state index in [1.807, 2.05) is 24.3 Å². The first-order valence-corrected chi connectivity index (χ1v) is 21.0. The Balaban J connectivity index is 1.22. The van der Waals surface area contributed by atoms with E-state index in [1.54, 1.807) is 0 Å². The summed E-state index contributed by atoms with van der Waals surface area (Å²) in [4.78, 5) is 5.31. The molecule has 0 bridgehead atoms. The van der Waals surface area contributed by atoms with E-state index in [9.17, 15) is 0 Å². The Labute approximate surface area is 333 Å². The van der Waals surface area contributed by atoms with E-state index >= 15 is 0 Å². The zero-order valence-corrected chi connectivity index (χ0v) is 32.3. The van der Waals surface area contributed by atoms with E-state index in [1.165, 1.54) is 96.7 Å². The molecule has 11 aromatic rings. The van der Waals surface area contributed by atoms with Crippen LogP contribution in [0.3, 0.4) is 0 Å². The summed E-state index contributed by atoms with van der Waals surface area (Å²) in [7, 11) is 0.